The molecule has 3 rings (SSSR count). The van der Waals surface area contributed by atoms with Gasteiger partial charge in [-0.2, -0.15) is 0 Å². The van der Waals surface area contributed by atoms with Gasteiger partial charge in [-0.25, -0.2) is 9.59 Å². The summed E-state index contributed by atoms with van der Waals surface area (Å²) in [5.41, 5.74) is 0.209. The van der Waals surface area contributed by atoms with E-state index >= 15 is 0 Å². The van der Waals surface area contributed by atoms with E-state index in [-0.39, 0.29) is 24.2 Å². The second-order valence-corrected chi connectivity index (χ2v) is 8.94. The average Bonchev–Trinajstić information content (AvgIpc) is 3.04. The van der Waals surface area contributed by atoms with Crippen molar-refractivity contribution in [2.24, 2.45) is 5.92 Å². The number of ketones is 1. The summed E-state index contributed by atoms with van der Waals surface area (Å²) in [6.45, 7) is 14.4. The minimum Gasteiger partial charge on any atom is -0.458 e. The van der Waals surface area contributed by atoms with Crippen molar-refractivity contribution in [2.75, 3.05) is 0 Å². The van der Waals surface area contributed by atoms with Gasteiger partial charge in [0.25, 0.3) is 0 Å². The summed E-state index contributed by atoms with van der Waals surface area (Å²) < 4.78 is 23.6. The minimum atomic E-state index is -0.915. The number of carbonyl (C=O) groups excluding carboxylic acids is 3. The van der Waals surface area contributed by atoms with Crippen LogP contribution in [0.15, 0.2) is 35.5 Å². The molecule has 7 nitrogen and oxygen atoms in total. The van der Waals surface area contributed by atoms with E-state index in [1.165, 1.54) is 0 Å². The lowest BCUT2D eigenvalue weighted by atomic mass is 9.79. The van der Waals surface area contributed by atoms with Crippen LogP contribution in [0.4, 0.5) is 0 Å². The molecule has 0 aromatic carbocycles. The molecule has 3 aliphatic rings. The molecule has 0 radical (unpaired) electrons. The van der Waals surface area contributed by atoms with E-state index in [0.29, 0.717) is 11.1 Å². The zero-order valence-electron chi connectivity index (χ0n) is 18.4. The third kappa shape index (κ3) is 4.14. The smallest absolute Gasteiger partial charge is 0.334 e. The fraction of sp³-hybridized carbons (Fsp3) is 0.609. The predicted octanol–water partition coefficient (Wildman–Crippen LogP) is 3.18. The lowest BCUT2D eigenvalue weighted by molar-refractivity contribution is -0.171. The summed E-state index contributed by atoms with van der Waals surface area (Å²) in [6, 6.07) is 0. The topological polar surface area (TPSA) is 88.1 Å². The van der Waals surface area contributed by atoms with Crippen LogP contribution in [0.2, 0.25) is 0 Å². The predicted molar refractivity (Wildman–Crippen MR) is 108 cm³/mol. The third-order valence-corrected chi connectivity index (χ3v) is 6.09. The van der Waals surface area contributed by atoms with Crippen molar-refractivity contribution in [3.8, 4) is 0 Å². The molecule has 0 bridgehead atoms. The molecule has 0 saturated carbocycles. The standard InChI is InChI=1S/C23H30O7/c1-8-12(2)20(25)28-17-11-23(7)18(29-22(5,6)30-23)10-15(24)13(3)9-16-19(17)14(4)21(26)27-16/h8-9,16-19H,4,10-11H2,1-3,5-7H3/b12-8+,13-9-/t16-,17-,18-,19+,23-/m1/s1. The van der Waals surface area contributed by atoms with Gasteiger partial charge in [-0.15, -0.1) is 0 Å². The van der Waals surface area contributed by atoms with Crippen LogP contribution in [-0.2, 0) is 33.3 Å². The van der Waals surface area contributed by atoms with Gasteiger partial charge in [0.2, 0.25) is 0 Å². The van der Waals surface area contributed by atoms with Gasteiger partial charge >= 0.3 is 11.9 Å². The second kappa shape index (κ2) is 7.78. The third-order valence-electron chi connectivity index (χ3n) is 6.09. The Bertz CT molecular complexity index is 850. The molecule has 0 N–H and O–H groups in total. The van der Waals surface area contributed by atoms with Crippen LogP contribution in [0.25, 0.3) is 0 Å². The maximum atomic E-state index is 12.8. The first-order valence-corrected chi connectivity index (χ1v) is 10.2. The molecule has 5 atom stereocenters. The molecule has 0 aromatic heterocycles. The summed E-state index contributed by atoms with van der Waals surface area (Å²) in [5.74, 6) is -2.69. The molecular formula is C23H30O7. The number of allylic oxidation sites excluding steroid dienone is 2. The number of hydrogen-bond acceptors (Lipinski definition) is 7. The molecule has 30 heavy (non-hydrogen) atoms. The molecule has 7 heteroatoms. The number of fused-ring (bicyclic) bond motifs is 2. The Balaban J connectivity index is 2.09. The van der Waals surface area contributed by atoms with Crippen molar-refractivity contribution in [1.29, 1.82) is 0 Å². The van der Waals surface area contributed by atoms with Gasteiger partial charge in [-0.05, 0) is 53.2 Å². The zero-order valence-corrected chi connectivity index (χ0v) is 18.4. The first kappa shape index (κ1) is 22.4. The molecule has 164 valence electrons. The molecule has 0 spiro atoms. The lowest BCUT2D eigenvalue weighted by Gasteiger charge is -2.36. The Labute approximate surface area is 177 Å². The highest BCUT2D eigenvalue weighted by molar-refractivity contribution is 5.96. The van der Waals surface area contributed by atoms with Crippen LogP contribution < -0.4 is 0 Å². The average molecular weight is 418 g/mol. The van der Waals surface area contributed by atoms with Crippen molar-refractivity contribution in [1.82, 2.24) is 0 Å². The van der Waals surface area contributed by atoms with E-state index in [9.17, 15) is 14.4 Å². The monoisotopic (exact) mass is 418 g/mol. The molecule has 2 aliphatic heterocycles. The summed E-state index contributed by atoms with van der Waals surface area (Å²) in [7, 11) is 0. The Morgan fingerprint density at radius 1 is 1.30 bits per heavy atom. The highest BCUT2D eigenvalue weighted by Gasteiger charge is 2.55. The van der Waals surface area contributed by atoms with Gasteiger partial charge in [0.15, 0.2) is 11.6 Å². The van der Waals surface area contributed by atoms with Gasteiger partial charge < -0.3 is 18.9 Å². The molecule has 2 fully saturated rings. The molecule has 0 aromatic rings. The summed E-state index contributed by atoms with van der Waals surface area (Å²) >= 11 is 0. The van der Waals surface area contributed by atoms with E-state index < -0.39 is 47.6 Å². The number of ether oxygens (including phenoxy) is 4. The van der Waals surface area contributed by atoms with Gasteiger partial charge in [0.1, 0.15) is 12.2 Å². The summed E-state index contributed by atoms with van der Waals surface area (Å²) in [5, 5.41) is 0. The van der Waals surface area contributed by atoms with E-state index in [4.69, 9.17) is 18.9 Å². The largest absolute Gasteiger partial charge is 0.458 e. The highest BCUT2D eigenvalue weighted by atomic mass is 16.8. The molecule has 2 saturated heterocycles. The lowest BCUT2D eigenvalue weighted by Crippen LogP contribution is -2.46. The first-order chi connectivity index (χ1) is 13.9. The fourth-order valence-corrected chi connectivity index (χ4v) is 4.39. The van der Waals surface area contributed by atoms with Crippen molar-refractivity contribution in [3.63, 3.8) is 0 Å². The van der Waals surface area contributed by atoms with E-state index in [1.807, 2.05) is 6.92 Å². The summed E-state index contributed by atoms with van der Waals surface area (Å²) in [4.78, 5) is 37.7. The Kier molecular flexibility index (Phi) is 5.82. The van der Waals surface area contributed by atoms with Crippen molar-refractivity contribution >= 4 is 17.7 Å². The quantitative estimate of drug-likeness (QED) is 0.503. The van der Waals surface area contributed by atoms with Crippen molar-refractivity contribution in [3.05, 3.63) is 35.5 Å². The van der Waals surface area contributed by atoms with Crippen LogP contribution in [0, 0.1) is 5.92 Å². The number of carbonyl (C=O) groups is 3. The molecular weight excluding hydrogens is 388 g/mol. The van der Waals surface area contributed by atoms with E-state index in [1.54, 1.807) is 46.8 Å². The zero-order chi connectivity index (χ0) is 22.4. The Hall–Kier alpha value is -2.25. The van der Waals surface area contributed by atoms with Crippen LogP contribution in [0.3, 0.4) is 0 Å². The normalized spacial score (nSPS) is 38.3. The van der Waals surface area contributed by atoms with Gasteiger partial charge in [-0.3, -0.25) is 4.79 Å². The van der Waals surface area contributed by atoms with Crippen molar-refractivity contribution in [2.45, 2.75) is 84.1 Å². The van der Waals surface area contributed by atoms with Crippen LogP contribution in [-0.4, -0.2) is 47.4 Å². The van der Waals surface area contributed by atoms with Gasteiger partial charge in [0, 0.05) is 24.0 Å². The first-order valence-electron chi connectivity index (χ1n) is 10.2. The SMILES string of the molecule is C=C1C(=O)O[C@@H]2/C=C(/C)C(=O)C[C@H]3OC(C)(C)O[C@]3(C)C[C@@H](OC(=O)/C(C)=C/C)[C@@H]12. The number of Topliss-reactive ketones (excluding diaryl/α,β-unsaturated/α-hetero) is 1. The van der Waals surface area contributed by atoms with Crippen LogP contribution in [0.1, 0.15) is 54.4 Å². The van der Waals surface area contributed by atoms with Crippen molar-refractivity contribution < 1.29 is 33.3 Å². The van der Waals surface area contributed by atoms with Gasteiger partial charge in [-0.1, -0.05) is 12.7 Å². The maximum Gasteiger partial charge on any atom is 0.334 e. The Morgan fingerprint density at radius 2 is 1.97 bits per heavy atom. The Morgan fingerprint density at radius 3 is 2.60 bits per heavy atom. The molecule has 0 amide bonds. The molecule has 2 heterocycles. The number of hydrogen-bond donors (Lipinski definition) is 0. The summed E-state index contributed by atoms with van der Waals surface area (Å²) in [6.07, 6.45) is 1.60. The van der Waals surface area contributed by atoms with E-state index in [2.05, 4.69) is 6.58 Å². The van der Waals surface area contributed by atoms with Crippen LogP contribution in [0.5, 0.6) is 0 Å². The highest BCUT2D eigenvalue weighted by Crippen LogP contribution is 2.45. The molecule has 0 unspecified atom stereocenters. The van der Waals surface area contributed by atoms with E-state index in [0.717, 1.165) is 0 Å². The molecule has 1 aliphatic carbocycles. The van der Waals surface area contributed by atoms with Gasteiger partial charge in [0.05, 0.1) is 17.6 Å². The van der Waals surface area contributed by atoms with Crippen LogP contribution >= 0.6 is 0 Å². The number of rotatable bonds is 2. The number of esters is 2. The maximum absolute atomic E-state index is 12.8. The fourth-order valence-electron chi connectivity index (χ4n) is 4.39. The second-order valence-electron chi connectivity index (χ2n) is 8.94. The minimum absolute atomic E-state index is 0.111.